The lowest BCUT2D eigenvalue weighted by Crippen LogP contribution is -2.42. The molecule has 0 atom stereocenters. The van der Waals surface area contributed by atoms with Gasteiger partial charge in [-0.05, 0) is 32.6 Å². The maximum Gasteiger partial charge on any atom is 0.308 e. The van der Waals surface area contributed by atoms with Gasteiger partial charge < -0.3 is 9.47 Å². The SMILES string of the molecule is C=C(C)CCOC1(CC(=O)OC)CCC1. The van der Waals surface area contributed by atoms with Gasteiger partial charge in [0.05, 0.1) is 25.7 Å². The van der Waals surface area contributed by atoms with Gasteiger partial charge in [0.25, 0.3) is 0 Å². The van der Waals surface area contributed by atoms with Gasteiger partial charge in [-0.25, -0.2) is 0 Å². The minimum Gasteiger partial charge on any atom is -0.469 e. The summed E-state index contributed by atoms with van der Waals surface area (Å²) in [6, 6.07) is 0. The van der Waals surface area contributed by atoms with Crippen molar-refractivity contribution < 1.29 is 14.3 Å². The van der Waals surface area contributed by atoms with E-state index in [4.69, 9.17) is 4.74 Å². The number of hydrogen-bond acceptors (Lipinski definition) is 3. The van der Waals surface area contributed by atoms with Gasteiger partial charge in [0.15, 0.2) is 0 Å². The van der Waals surface area contributed by atoms with E-state index < -0.39 is 0 Å². The number of hydrogen-bond donors (Lipinski definition) is 0. The molecule has 3 heteroatoms. The summed E-state index contributed by atoms with van der Waals surface area (Å²) in [6.07, 6.45) is 4.34. The first-order chi connectivity index (χ1) is 7.08. The van der Waals surface area contributed by atoms with Crippen LogP contribution in [0.2, 0.25) is 0 Å². The molecule has 0 N–H and O–H groups in total. The highest BCUT2D eigenvalue weighted by molar-refractivity contribution is 5.70. The van der Waals surface area contributed by atoms with Crippen LogP contribution in [0.25, 0.3) is 0 Å². The monoisotopic (exact) mass is 212 g/mol. The molecule has 0 radical (unpaired) electrons. The molecule has 0 amide bonds. The summed E-state index contributed by atoms with van der Waals surface area (Å²) in [6.45, 7) is 6.47. The van der Waals surface area contributed by atoms with E-state index >= 15 is 0 Å². The van der Waals surface area contributed by atoms with Crippen LogP contribution in [0, 0.1) is 0 Å². The number of carbonyl (C=O) groups excluding carboxylic acids is 1. The van der Waals surface area contributed by atoms with Crippen LogP contribution in [0.3, 0.4) is 0 Å². The van der Waals surface area contributed by atoms with Crippen LogP contribution >= 0.6 is 0 Å². The third-order valence-electron chi connectivity index (χ3n) is 2.90. The third-order valence-corrected chi connectivity index (χ3v) is 2.90. The Kier molecular flexibility index (Phi) is 4.33. The molecule has 0 aromatic carbocycles. The van der Waals surface area contributed by atoms with Gasteiger partial charge in [-0.1, -0.05) is 5.57 Å². The highest BCUT2D eigenvalue weighted by Gasteiger charge is 2.40. The second-order valence-corrected chi connectivity index (χ2v) is 4.35. The van der Waals surface area contributed by atoms with Crippen LogP contribution in [-0.4, -0.2) is 25.3 Å². The summed E-state index contributed by atoms with van der Waals surface area (Å²) in [5.41, 5.74) is 0.880. The van der Waals surface area contributed by atoms with E-state index in [1.54, 1.807) is 0 Å². The Morgan fingerprint density at radius 3 is 2.53 bits per heavy atom. The van der Waals surface area contributed by atoms with Crippen LogP contribution in [0.1, 0.15) is 39.0 Å². The zero-order chi connectivity index (χ0) is 11.3. The zero-order valence-electron chi connectivity index (χ0n) is 9.67. The van der Waals surface area contributed by atoms with E-state index in [1.807, 2.05) is 6.92 Å². The molecular formula is C12H20O3. The van der Waals surface area contributed by atoms with Crippen molar-refractivity contribution in [3.05, 3.63) is 12.2 Å². The van der Waals surface area contributed by atoms with Crippen LogP contribution < -0.4 is 0 Å². The normalized spacial score (nSPS) is 18.0. The lowest BCUT2D eigenvalue weighted by atomic mass is 9.77. The fraction of sp³-hybridized carbons (Fsp3) is 0.750. The molecule has 1 rings (SSSR count). The Balaban J connectivity index is 2.33. The van der Waals surface area contributed by atoms with Crippen molar-refractivity contribution in [2.75, 3.05) is 13.7 Å². The van der Waals surface area contributed by atoms with E-state index in [2.05, 4.69) is 11.3 Å². The molecule has 1 aliphatic rings. The maximum absolute atomic E-state index is 11.2. The first-order valence-electron chi connectivity index (χ1n) is 5.43. The van der Waals surface area contributed by atoms with Gasteiger partial charge in [0.2, 0.25) is 0 Å². The molecule has 0 heterocycles. The number of methoxy groups -OCH3 is 1. The van der Waals surface area contributed by atoms with E-state index in [0.717, 1.165) is 31.3 Å². The minimum absolute atomic E-state index is 0.176. The molecule has 0 bridgehead atoms. The van der Waals surface area contributed by atoms with Gasteiger partial charge in [-0.15, -0.1) is 6.58 Å². The van der Waals surface area contributed by atoms with Gasteiger partial charge in [-0.3, -0.25) is 4.79 Å². The minimum atomic E-state index is -0.234. The van der Waals surface area contributed by atoms with Gasteiger partial charge in [0.1, 0.15) is 0 Å². The summed E-state index contributed by atoms with van der Waals surface area (Å²) < 4.78 is 10.5. The van der Waals surface area contributed by atoms with Crippen molar-refractivity contribution in [2.24, 2.45) is 0 Å². The van der Waals surface area contributed by atoms with E-state index in [-0.39, 0.29) is 11.6 Å². The molecule has 0 saturated heterocycles. The number of ether oxygens (including phenoxy) is 2. The Morgan fingerprint density at radius 1 is 1.47 bits per heavy atom. The average molecular weight is 212 g/mol. The Bertz CT molecular complexity index is 241. The molecule has 0 aromatic rings. The predicted molar refractivity (Wildman–Crippen MR) is 58.6 cm³/mol. The summed E-state index contributed by atoms with van der Waals surface area (Å²) in [5, 5.41) is 0. The number of esters is 1. The topological polar surface area (TPSA) is 35.5 Å². The largest absolute Gasteiger partial charge is 0.469 e. The zero-order valence-corrected chi connectivity index (χ0v) is 9.67. The van der Waals surface area contributed by atoms with E-state index in [9.17, 15) is 4.79 Å². The molecular weight excluding hydrogens is 192 g/mol. The van der Waals surface area contributed by atoms with Crippen molar-refractivity contribution in [3.8, 4) is 0 Å². The van der Waals surface area contributed by atoms with Crippen molar-refractivity contribution in [1.29, 1.82) is 0 Å². The van der Waals surface area contributed by atoms with Gasteiger partial charge in [-0.2, -0.15) is 0 Å². The maximum atomic E-state index is 11.2. The van der Waals surface area contributed by atoms with Crippen LogP contribution in [-0.2, 0) is 14.3 Å². The number of carbonyl (C=O) groups is 1. The van der Waals surface area contributed by atoms with Crippen molar-refractivity contribution in [1.82, 2.24) is 0 Å². The molecule has 15 heavy (non-hydrogen) atoms. The average Bonchev–Trinajstić information content (AvgIpc) is 2.13. The van der Waals surface area contributed by atoms with Crippen molar-refractivity contribution in [3.63, 3.8) is 0 Å². The lowest BCUT2D eigenvalue weighted by Gasteiger charge is -2.40. The molecule has 0 aromatic heterocycles. The first-order valence-corrected chi connectivity index (χ1v) is 5.43. The quantitative estimate of drug-likeness (QED) is 0.501. The third kappa shape index (κ3) is 3.67. The Labute approximate surface area is 91.4 Å². The molecule has 0 spiro atoms. The van der Waals surface area contributed by atoms with E-state index in [0.29, 0.717) is 13.0 Å². The van der Waals surface area contributed by atoms with Gasteiger partial charge in [0, 0.05) is 0 Å². The second kappa shape index (κ2) is 5.31. The molecule has 1 fully saturated rings. The molecule has 86 valence electrons. The predicted octanol–water partition coefficient (Wildman–Crippen LogP) is 2.46. The van der Waals surface area contributed by atoms with Crippen molar-refractivity contribution >= 4 is 5.97 Å². The molecule has 3 nitrogen and oxygen atoms in total. The fourth-order valence-corrected chi connectivity index (χ4v) is 1.72. The Hall–Kier alpha value is -0.830. The highest BCUT2D eigenvalue weighted by atomic mass is 16.5. The second-order valence-electron chi connectivity index (χ2n) is 4.35. The first kappa shape index (κ1) is 12.2. The van der Waals surface area contributed by atoms with Crippen molar-refractivity contribution in [2.45, 2.75) is 44.6 Å². The lowest BCUT2D eigenvalue weighted by molar-refractivity contribution is -0.157. The highest BCUT2D eigenvalue weighted by Crippen LogP contribution is 2.39. The summed E-state index contributed by atoms with van der Waals surface area (Å²) in [7, 11) is 1.42. The molecule has 0 aliphatic heterocycles. The van der Waals surface area contributed by atoms with Crippen LogP contribution in [0.5, 0.6) is 0 Å². The number of rotatable bonds is 6. The molecule has 0 unspecified atom stereocenters. The fourth-order valence-electron chi connectivity index (χ4n) is 1.72. The van der Waals surface area contributed by atoms with Crippen LogP contribution in [0.15, 0.2) is 12.2 Å². The van der Waals surface area contributed by atoms with Gasteiger partial charge >= 0.3 is 5.97 Å². The summed E-state index contributed by atoms with van der Waals surface area (Å²) in [4.78, 5) is 11.2. The standard InChI is InChI=1S/C12H20O3/c1-10(2)5-8-15-12(6-4-7-12)9-11(13)14-3/h1,4-9H2,2-3H3. The molecule has 1 aliphatic carbocycles. The summed E-state index contributed by atoms with van der Waals surface area (Å²) >= 11 is 0. The summed E-state index contributed by atoms with van der Waals surface area (Å²) in [5.74, 6) is -0.176. The molecule has 1 saturated carbocycles. The van der Waals surface area contributed by atoms with Crippen LogP contribution in [0.4, 0.5) is 0 Å². The van der Waals surface area contributed by atoms with E-state index in [1.165, 1.54) is 7.11 Å². The smallest absolute Gasteiger partial charge is 0.308 e. The Morgan fingerprint density at radius 2 is 2.13 bits per heavy atom.